The maximum absolute atomic E-state index is 8.62. The summed E-state index contributed by atoms with van der Waals surface area (Å²) in [5.41, 5.74) is 7.12. The van der Waals surface area contributed by atoms with Gasteiger partial charge in [-0.05, 0) is 84.9 Å². The molecule has 236 valence electrons. The van der Waals surface area contributed by atoms with Crippen molar-refractivity contribution >= 4 is 33.7 Å². The van der Waals surface area contributed by atoms with Gasteiger partial charge in [-0.25, -0.2) is 9.97 Å². The molecule has 0 bridgehead atoms. The number of nitrogens with zero attached hydrogens (tertiary/aromatic N) is 4. The Morgan fingerprint density at radius 2 is 0.979 bits per heavy atom. The summed E-state index contributed by atoms with van der Waals surface area (Å²) >= 11 is 0. The zero-order valence-electron chi connectivity index (χ0n) is 25.8. The van der Waals surface area contributed by atoms with Crippen LogP contribution in [0, 0.1) is 10.8 Å². The average molecular weight is 627 g/mol. The third-order valence-corrected chi connectivity index (χ3v) is 8.66. The first-order chi connectivity index (χ1) is 23.1. The number of rotatable bonds is 6. The maximum Gasteiger partial charge on any atom is 0.138 e. The molecule has 6 aromatic rings. The minimum absolute atomic E-state index is 0.509. The third kappa shape index (κ3) is 5.94. The normalized spacial score (nSPS) is 15.3. The summed E-state index contributed by atoms with van der Waals surface area (Å²) in [4.78, 5) is 20.5. The Hall–Kier alpha value is -5.52. The minimum Gasteiger partial charge on any atom is -0.457 e. The number of ether oxygens (including phenoxy) is 3. The summed E-state index contributed by atoms with van der Waals surface area (Å²) in [7, 11) is 0. The van der Waals surface area contributed by atoms with Gasteiger partial charge in [-0.2, -0.15) is 0 Å². The highest BCUT2D eigenvalue weighted by atomic mass is 16.5. The van der Waals surface area contributed by atoms with Crippen LogP contribution in [0.15, 0.2) is 84.9 Å². The largest absolute Gasteiger partial charge is 0.457 e. The molecule has 2 aliphatic heterocycles. The molecular formula is C36H34N8O3. The fraction of sp³-hybridized carbons (Fsp3) is 0.222. The van der Waals surface area contributed by atoms with Gasteiger partial charge in [0.15, 0.2) is 0 Å². The van der Waals surface area contributed by atoms with Gasteiger partial charge < -0.3 is 34.0 Å². The molecule has 2 fully saturated rings. The van der Waals surface area contributed by atoms with E-state index in [1.807, 2.05) is 94.7 Å². The highest BCUT2D eigenvalue weighted by molar-refractivity contribution is 6.00. The molecule has 0 saturated carbocycles. The summed E-state index contributed by atoms with van der Waals surface area (Å²) < 4.78 is 17.0. The Morgan fingerprint density at radius 3 is 1.38 bits per heavy atom. The number of nitrogens with one attached hydrogen (secondary N) is 4. The molecule has 0 amide bonds. The van der Waals surface area contributed by atoms with Crippen LogP contribution < -0.4 is 4.74 Å². The van der Waals surface area contributed by atoms with Crippen LogP contribution >= 0.6 is 0 Å². The Morgan fingerprint density at radius 1 is 0.574 bits per heavy atom. The van der Waals surface area contributed by atoms with Gasteiger partial charge in [0.25, 0.3) is 0 Å². The van der Waals surface area contributed by atoms with E-state index in [9.17, 15) is 0 Å². The van der Waals surface area contributed by atoms with Crippen molar-refractivity contribution in [2.45, 2.75) is 0 Å². The number of hydrogen-bond acceptors (Lipinski definition) is 7. The molecule has 4 N–H and O–H groups in total. The number of imidazole rings is 2. The van der Waals surface area contributed by atoms with Crippen molar-refractivity contribution in [1.82, 2.24) is 29.7 Å². The predicted octanol–water partition coefficient (Wildman–Crippen LogP) is 5.88. The monoisotopic (exact) mass is 626 g/mol. The zero-order chi connectivity index (χ0) is 31.7. The molecule has 4 aromatic carbocycles. The van der Waals surface area contributed by atoms with E-state index in [2.05, 4.69) is 9.97 Å². The van der Waals surface area contributed by atoms with E-state index in [1.165, 1.54) is 0 Å². The van der Waals surface area contributed by atoms with Crippen molar-refractivity contribution in [3.8, 4) is 34.3 Å². The highest BCUT2D eigenvalue weighted by Crippen LogP contribution is 2.29. The van der Waals surface area contributed by atoms with Crippen LogP contribution in [0.4, 0.5) is 0 Å². The van der Waals surface area contributed by atoms with Gasteiger partial charge in [0.1, 0.15) is 34.8 Å². The lowest BCUT2D eigenvalue weighted by Crippen LogP contribution is -2.40. The summed E-state index contributed by atoms with van der Waals surface area (Å²) in [6.45, 7) is 5.53. The van der Waals surface area contributed by atoms with Gasteiger partial charge in [-0.3, -0.25) is 10.8 Å². The first-order valence-corrected chi connectivity index (χ1v) is 15.8. The first-order valence-electron chi connectivity index (χ1n) is 15.8. The lowest BCUT2D eigenvalue weighted by atomic mass is 10.1. The van der Waals surface area contributed by atoms with E-state index in [4.69, 9.17) is 35.0 Å². The van der Waals surface area contributed by atoms with E-state index in [1.54, 1.807) is 0 Å². The van der Waals surface area contributed by atoms with Crippen molar-refractivity contribution in [3.63, 3.8) is 0 Å². The second-order valence-electron chi connectivity index (χ2n) is 11.7. The van der Waals surface area contributed by atoms with Crippen molar-refractivity contribution in [2.24, 2.45) is 0 Å². The highest BCUT2D eigenvalue weighted by Gasteiger charge is 2.18. The number of aromatic amines is 2. The number of morpholine rings is 2. The number of amidine groups is 2. The molecule has 0 atom stereocenters. The van der Waals surface area contributed by atoms with Crippen LogP contribution in [0.2, 0.25) is 0 Å². The number of benzene rings is 4. The average Bonchev–Trinajstić information content (AvgIpc) is 3.76. The second kappa shape index (κ2) is 12.3. The van der Waals surface area contributed by atoms with Gasteiger partial charge in [0.2, 0.25) is 0 Å². The molecule has 0 radical (unpaired) electrons. The van der Waals surface area contributed by atoms with E-state index >= 15 is 0 Å². The Labute approximate surface area is 271 Å². The van der Waals surface area contributed by atoms with Gasteiger partial charge in [-0.1, -0.05) is 0 Å². The Bertz CT molecular complexity index is 1920. The van der Waals surface area contributed by atoms with E-state index in [0.717, 1.165) is 93.6 Å². The van der Waals surface area contributed by atoms with E-state index < -0.39 is 0 Å². The predicted molar refractivity (Wildman–Crippen MR) is 182 cm³/mol. The van der Waals surface area contributed by atoms with Crippen LogP contribution in [-0.2, 0) is 9.47 Å². The molecule has 11 heteroatoms. The SMILES string of the molecule is N=C(c1ccc2nc(-c3ccc(Oc4ccc(-c5nc6ccc(C(=N)N7CCOCC7)cc6[nH]5)cc4)cc3)[nH]c2c1)N1CCOCC1. The molecule has 47 heavy (non-hydrogen) atoms. The second-order valence-corrected chi connectivity index (χ2v) is 11.7. The van der Waals surface area contributed by atoms with Gasteiger partial charge in [-0.15, -0.1) is 0 Å². The van der Waals surface area contributed by atoms with E-state index in [0.29, 0.717) is 38.1 Å². The molecule has 0 aliphatic carbocycles. The van der Waals surface area contributed by atoms with Crippen molar-refractivity contribution in [3.05, 3.63) is 96.1 Å². The standard InChI is InChI=1S/C36H34N8O3/c37-33(43-13-17-45-18-14-43)25-5-11-29-31(21-25)41-35(39-29)23-1-7-27(8-2-23)47-28-9-3-24(4-10-28)36-40-30-12-6-26(22-32(30)42-36)34(38)44-15-19-46-20-16-44/h1-12,21-22,37-38H,13-20H2,(H,39,41)(H,40,42). The third-order valence-electron chi connectivity index (χ3n) is 8.66. The van der Waals surface area contributed by atoms with Crippen LogP contribution in [-0.4, -0.2) is 94.0 Å². The minimum atomic E-state index is 0.509. The smallest absolute Gasteiger partial charge is 0.138 e. The molecule has 0 unspecified atom stereocenters. The van der Waals surface area contributed by atoms with Crippen molar-refractivity contribution < 1.29 is 14.2 Å². The fourth-order valence-corrected chi connectivity index (χ4v) is 6.02. The Kier molecular flexibility index (Phi) is 7.60. The molecule has 2 aromatic heterocycles. The Balaban J connectivity index is 0.932. The molecule has 2 saturated heterocycles. The topological polar surface area (TPSA) is 139 Å². The number of hydrogen-bond donors (Lipinski definition) is 4. The summed E-state index contributed by atoms with van der Waals surface area (Å²) in [6, 6.07) is 27.5. The van der Waals surface area contributed by atoms with Crippen LogP contribution in [0.25, 0.3) is 44.8 Å². The fourth-order valence-electron chi connectivity index (χ4n) is 6.02. The van der Waals surface area contributed by atoms with Gasteiger partial charge >= 0.3 is 0 Å². The van der Waals surface area contributed by atoms with E-state index in [-0.39, 0.29) is 0 Å². The van der Waals surface area contributed by atoms with Crippen molar-refractivity contribution in [2.75, 3.05) is 52.6 Å². The summed E-state index contributed by atoms with van der Waals surface area (Å²) in [5.74, 6) is 3.99. The molecule has 8 rings (SSSR count). The van der Waals surface area contributed by atoms with Gasteiger partial charge in [0, 0.05) is 48.4 Å². The molecule has 4 heterocycles. The van der Waals surface area contributed by atoms with Crippen LogP contribution in [0.3, 0.4) is 0 Å². The zero-order valence-corrected chi connectivity index (χ0v) is 25.8. The molecule has 11 nitrogen and oxygen atoms in total. The van der Waals surface area contributed by atoms with Crippen LogP contribution in [0.5, 0.6) is 11.5 Å². The number of aromatic nitrogens is 4. The quantitative estimate of drug-likeness (QED) is 0.134. The van der Waals surface area contributed by atoms with Crippen molar-refractivity contribution in [1.29, 1.82) is 10.8 Å². The molecular weight excluding hydrogens is 592 g/mol. The van der Waals surface area contributed by atoms with Crippen LogP contribution in [0.1, 0.15) is 11.1 Å². The number of fused-ring (bicyclic) bond motifs is 2. The summed E-state index contributed by atoms with van der Waals surface area (Å²) in [6.07, 6.45) is 0. The maximum atomic E-state index is 8.62. The lowest BCUT2D eigenvalue weighted by molar-refractivity contribution is 0.0679. The van der Waals surface area contributed by atoms with Gasteiger partial charge in [0.05, 0.1) is 48.5 Å². The molecule has 0 spiro atoms. The first kappa shape index (κ1) is 28.9. The molecule has 2 aliphatic rings. The lowest BCUT2D eigenvalue weighted by Gasteiger charge is -2.29. The summed E-state index contributed by atoms with van der Waals surface area (Å²) in [5, 5.41) is 17.2. The number of H-pyrrole nitrogens is 2.